The van der Waals surface area contributed by atoms with E-state index < -0.39 is 3.34 Å². The average Bonchev–Trinajstić information content (AvgIpc) is 1.25. The molecule has 5 heteroatoms. The van der Waals surface area contributed by atoms with Gasteiger partial charge in [-0.1, -0.05) is 0 Å². The Morgan fingerprint density at radius 3 is 1.38 bits per heavy atom. The summed E-state index contributed by atoms with van der Waals surface area (Å²) in [4.78, 5) is 0. The van der Waals surface area contributed by atoms with Crippen molar-refractivity contribution in [3.63, 3.8) is 0 Å². The zero-order valence-electron chi connectivity index (χ0n) is 5.16. The van der Waals surface area contributed by atoms with Gasteiger partial charge in [-0.2, -0.15) is 0 Å². The van der Waals surface area contributed by atoms with Gasteiger partial charge in [-0.3, -0.25) is 11.5 Å². The van der Waals surface area contributed by atoms with Crippen molar-refractivity contribution < 1.29 is 4.39 Å². The van der Waals surface area contributed by atoms with Crippen molar-refractivity contribution in [1.29, 1.82) is 0 Å². The number of quaternary nitrogens is 1. The Morgan fingerprint density at radius 1 is 1.25 bits per heavy atom. The molecule has 0 unspecified atom stereocenters. The lowest BCUT2D eigenvalue weighted by atomic mass is 10.3. The van der Waals surface area contributed by atoms with Gasteiger partial charge in [0.15, 0.2) is 0 Å². The summed E-state index contributed by atoms with van der Waals surface area (Å²) in [5.74, 6) is 0. The van der Waals surface area contributed by atoms with Gasteiger partial charge >= 0.3 is 3.34 Å². The van der Waals surface area contributed by atoms with Crippen molar-refractivity contribution in [2.45, 2.75) is 0 Å². The highest BCUT2D eigenvalue weighted by molar-refractivity contribution is 9.52. The zero-order valence-corrected chi connectivity index (χ0v) is 9.09. The number of nitrogens with zero attached hydrogens (tertiary/aromatic N) is 1. The van der Waals surface area contributed by atoms with E-state index in [4.69, 9.17) is 11.5 Å². The smallest absolute Gasteiger partial charge is 0.413 e. The lowest BCUT2D eigenvalue weighted by Gasteiger charge is -2.41. The van der Waals surface area contributed by atoms with E-state index in [0.717, 1.165) is 0 Å². The number of rotatable bonds is 1. The summed E-state index contributed by atoms with van der Waals surface area (Å²) >= 11 is 12.5. The van der Waals surface area contributed by atoms with E-state index >= 15 is 0 Å². The number of hydrogen-bond donors (Lipinski definition) is 0. The van der Waals surface area contributed by atoms with Crippen LogP contribution in [0.3, 0.4) is 0 Å². The maximum atomic E-state index is 5.88. The minimum absolute atomic E-state index is 0.682. The second kappa shape index (κ2) is 2.49. The molecule has 0 saturated heterocycles. The zero-order chi connectivity index (χ0) is 7.00. The molecular weight excluding hydrogens is 256 g/mol. The molecule has 0 fully saturated rings. The van der Waals surface area contributed by atoms with E-state index in [1.807, 2.05) is 21.1 Å². The molecule has 0 amide bonds. The third kappa shape index (κ3) is 2.71. The Balaban J connectivity index is 4.02. The second-order valence-electron chi connectivity index (χ2n) is 2.66. The lowest BCUT2D eigenvalue weighted by molar-refractivity contribution is -0.756. The number of halogens is 3. The molecule has 0 aromatic heterocycles. The van der Waals surface area contributed by atoms with Gasteiger partial charge in [-0.25, -0.2) is 31.5 Å². The predicted octanol–water partition coefficient (Wildman–Crippen LogP) is 2.16. The average molecular weight is 265 g/mol. The maximum absolute atomic E-state index is 5.88. The fourth-order valence-corrected chi connectivity index (χ4v) is 0. The molecule has 0 N–H and O–H groups in total. The summed E-state index contributed by atoms with van der Waals surface area (Å²) in [7, 11) is 6.03. The van der Waals surface area contributed by atoms with E-state index in [9.17, 15) is 0 Å². The molecular formula is C3H9BBr2ClN. The standard InChI is InChI=1S/C3H9BBr2ClN/c1-8(2,3)4(5,6)7/h1-3H3. The van der Waals surface area contributed by atoms with Crippen LogP contribution in [0.5, 0.6) is 0 Å². The van der Waals surface area contributed by atoms with Crippen LogP contribution in [-0.2, 0) is 0 Å². The summed E-state index contributed by atoms with van der Waals surface area (Å²) in [5.41, 5.74) is 0. The molecule has 0 bridgehead atoms. The first-order chi connectivity index (χ1) is 3.25. The molecule has 0 spiro atoms. The highest BCUT2D eigenvalue weighted by Crippen LogP contribution is 2.31. The lowest BCUT2D eigenvalue weighted by Crippen LogP contribution is -2.49. The van der Waals surface area contributed by atoms with E-state index in [2.05, 4.69) is 31.5 Å². The first-order valence-corrected chi connectivity index (χ1v) is 4.52. The minimum Gasteiger partial charge on any atom is -0.490 e. The van der Waals surface area contributed by atoms with Gasteiger partial charge in [0, 0.05) is 21.1 Å². The van der Waals surface area contributed by atoms with Gasteiger partial charge in [-0.05, 0) is 0 Å². The van der Waals surface area contributed by atoms with Crippen molar-refractivity contribution in [2.75, 3.05) is 21.1 Å². The summed E-state index contributed by atoms with van der Waals surface area (Å²) in [6.07, 6.45) is 0. The maximum Gasteiger partial charge on any atom is 0.413 e. The molecule has 0 aromatic carbocycles. The summed E-state index contributed by atoms with van der Waals surface area (Å²) in [5, 5.41) is 0. The summed E-state index contributed by atoms with van der Waals surface area (Å²) in [6, 6.07) is 0. The molecule has 0 aromatic rings. The minimum atomic E-state index is -1.11. The van der Waals surface area contributed by atoms with Gasteiger partial charge in [0.2, 0.25) is 0 Å². The molecule has 0 aliphatic rings. The second-order valence-corrected chi connectivity index (χ2v) is 8.22. The van der Waals surface area contributed by atoms with Crippen molar-refractivity contribution >= 4 is 46.3 Å². The van der Waals surface area contributed by atoms with E-state index in [-0.39, 0.29) is 0 Å². The van der Waals surface area contributed by atoms with E-state index in [0.29, 0.717) is 4.39 Å². The van der Waals surface area contributed by atoms with Crippen molar-refractivity contribution in [1.82, 2.24) is 0 Å². The van der Waals surface area contributed by atoms with Crippen LogP contribution >= 0.6 is 43.0 Å². The van der Waals surface area contributed by atoms with Crippen LogP contribution in [0.15, 0.2) is 0 Å². The quantitative estimate of drug-likeness (QED) is 0.637. The van der Waals surface area contributed by atoms with Crippen LogP contribution in [-0.4, -0.2) is 28.9 Å². The normalized spacial score (nSPS) is 14.2. The molecule has 0 rings (SSSR count). The molecule has 0 aliphatic heterocycles. The van der Waals surface area contributed by atoms with Crippen LogP contribution in [0.25, 0.3) is 0 Å². The Bertz CT molecular complexity index is 72.3. The van der Waals surface area contributed by atoms with Crippen LogP contribution in [0.1, 0.15) is 0 Å². The Kier molecular flexibility index (Phi) is 2.88. The van der Waals surface area contributed by atoms with Crippen LogP contribution < -0.4 is 0 Å². The van der Waals surface area contributed by atoms with Gasteiger partial charge in [0.25, 0.3) is 0 Å². The number of hydrogen-bond acceptors (Lipinski definition) is 0. The van der Waals surface area contributed by atoms with Crippen molar-refractivity contribution in [3.05, 3.63) is 0 Å². The van der Waals surface area contributed by atoms with Crippen molar-refractivity contribution in [2.24, 2.45) is 0 Å². The van der Waals surface area contributed by atoms with Crippen molar-refractivity contribution in [3.8, 4) is 0 Å². The monoisotopic (exact) mass is 263 g/mol. The Hall–Kier alpha value is 1.27. The first-order valence-electron chi connectivity index (χ1n) is 2.25. The van der Waals surface area contributed by atoms with Gasteiger partial charge < -0.3 is 4.39 Å². The third-order valence-corrected chi connectivity index (χ3v) is 3.92. The molecule has 0 radical (unpaired) electrons. The first kappa shape index (κ1) is 9.27. The predicted molar refractivity (Wildman–Crippen MR) is 47.5 cm³/mol. The SMILES string of the molecule is C[N+](C)(C)[B-](Cl)(Br)Br. The highest BCUT2D eigenvalue weighted by Gasteiger charge is 2.29. The van der Waals surface area contributed by atoms with Gasteiger partial charge in [0.05, 0.1) is 0 Å². The summed E-state index contributed by atoms with van der Waals surface area (Å²) < 4.78 is -0.429. The van der Waals surface area contributed by atoms with Gasteiger partial charge in [-0.15, -0.1) is 0 Å². The fourth-order valence-electron chi connectivity index (χ4n) is 0. The van der Waals surface area contributed by atoms with Crippen LogP contribution in [0, 0.1) is 0 Å². The third-order valence-electron chi connectivity index (χ3n) is 0.878. The fraction of sp³-hybridized carbons (Fsp3) is 1.00. The highest BCUT2D eigenvalue weighted by atomic mass is 79.9. The van der Waals surface area contributed by atoms with Crippen LogP contribution in [0.2, 0.25) is 0 Å². The topological polar surface area (TPSA) is 0 Å². The van der Waals surface area contributed by atoms with E-state index in [1.54, 1.807) is 0 Å². The van der Waals surface area contributed by atoms with Gasteiger partial charge in [0.1, 0.15) is 0 Å². The molecule has 50 valence electrons. The molecule has 0 aliphatic carbocycles. The molecule has 0 atom stereocenters. The largest absolute Gasteiger partial charge is 0.490 e. The molecule has 0 heterocycles. The molecule has 0 saturated carbocycles. The van der Waals surface area contributed by atoms with Crippen LogP contribution in [0.4, 0.5) is 0 Å². The Labute approximate surface area is 71.8 Å². The molecule has 8 heavy (non-hydrogen) atoms. The van der Waals surface area contributed by atoms with E-state index in [1.165, 1.54) is 0 Å². The molecule has 1 nitrogen and oxygen atoms in total. The Morgan fingerprint density at radius 2 is 1.38 bits per heavy atom. The summed E-state index contributed by atoms with van der Waals surface area (Å²) in [6.45, 7) is 0.